The summed E-state index contributed by atoms with van der Waals surface area (Å²) in [6.45, 7) is 2.92. The highest BCUT2D eigenvalue weighted by Crippen LogP contribution is 1.94. The molecule has 5 nitrogen and oxygen atoms in total. The second-order valence-corrected chi connectivity index (χ2v) is 2.67. The van der Waals surface area contributed by atoms with Crippen molar-refractivity contribution in [2.24, 2.45) is 0 Å². The van der Waals surface area contributed by atoms with Crippen LogP contribution in [0.2, 0.25) is 0 Å². The first-order chi connectivity index (χ1) is 7.26. The van der Waals surface area contributed by atoms with Crippen LogP contribution in [-0.2, 0) is 14.3 Å². The predicted octanol–water partition coefficient (Wildman–Crippen LogP) is 0.583. The molecule has 0 aromatic carbocycles. The van der Waals surface area contributed by atoms with Crippen molar-refractivity contribution < 1.29 is 14.3 Å². The summed E-state index contributed by atoms with van der Waals surface area (Å²) < 4.78 is 9.66. The quantitative estimate of drug-likeness (QED) is 0.380. The highest BCUT2D eigenvalue weighted by Gasteiger charge is 2.08. The summed E-state index contributed by atoms with van der Waals surface area (Å²) in [5.41, 5.74) is 0.394. The van der Waals surface area contributed by atoms with Crippen LogP contribution in [0.1, 0.15) is 13.3 Å². The van der Waals surface area contributed by atoms with Crippen molar-refractivity contribution in [1.82, 2.24) is 5.32 Å². The summed E-state index contributed by atoms with van der Waals surface area (Å²) in [5, 5.41) is 11.1. The SMILES string of the molecule is CC=C(NCCOC)C(=O)OCCC#N. The van der Waals surface area contributed by atoms with E-state index in [0.717, 1.165) is 0 Å². The molecule has 0 aromatic rings. The van der Waals surface area contributed by atoms with Gasteiger partial charge in [0.15, 0.2) is 0 Å². The third-order valence-corrected chi connectivity index (χ3v) is 1.58. The van der Waals surface area contributed by atoms with Gasteiger partial charge in [0.05, 0.1) is 19.1 Å². The van der Waals surface area contributed by atoms with Gasteiger partial charge >= 0.3 is 5.97 Å². The average molecular weight is 212 g/mol. The number of carbonyl (C=O) groups is 1. The number of carbonyl (C=O) groups excluding carboxylic acids is 1. The highest BCUT2D eigenvalue weighted by atomic mass is 16.5. The smallest absolute Gasteiger partial charge is 0.354 e. The molecule has 0 spiro atoms. The Kier molecular flexibility index (Phi) is 8.10. The minimum atomic E-state index is -0.441. The standard InChI is InChI=1S/C10H16N2O3/c1-3-9(12-6-8-14-2)10(13)15-7-4-5-11/h3,12H,4,6-8H2,1-2H3. The zero-order valence-electron chi connectivity index (χ0n) is 9.08. The van der Waals surface area contributed by atoms with Gasteiger partial charge in [0.25, 0.3) is 0 Å². The monoisotopic (exact) mass is 212 g/mol. The Morgan fingerprint density at radius 1 is 1.53 bits per heavy atom. The van der Waals surface area contributed by atoms with Crippen LogP contribution in [0.5, 0.6) is 0 Å². The molecule has 84 valence electrons. The van der Waals surface area contributed by atoms with Gasteiger partial charge in [-0.25, -0.2) is 4.79 Å². The molecule has 0 aromatic heterocycles. The molecule has 0 fully saturated rings. The van der Waals surface area contributed by atoms with Crippen molar-refractivity contribution in [3.05, 3.63) is 11.8 Å². The summed E-state index contributed by atoms with van der Waals surface area (Å²) >= 11 is 0. The molecule has 0 heterocycles. The molecular weight excluding hydrogens is 196 g/mol. The molecule has 0 saturated heterocycles. The van der Waals surface area contributed by atoms with Gasteiger partial charge in [0, 0.05) is 13.7 Å². The van der Waals surface area contributed by atoms with Crippen molar-refractivity contribution in [3.8, 4) is 6.07 Å². The van der Waals surface area contributed by atoms with Crippen LogP contribution in [0.4, 0.5) is 0 Å². The molecule has 0 saturated carbocycles. The predicted molar refractivity (Wildman–Crippen MR) is 54.8 cm³/mol. The summed E-state index contributed by atoms with van der Waals surface area (Å²) in [6, 6.07) is 1.90. The number of ether oxygens (including phenoxy) is 2. The van der Waals surface area contributed by atoms with E-state index in [1.807, 2.05) is 6.07 Å². The van der Waals surface area contributed by atoms with E-state index in [0.29, 0.717) is 18.8 Å². The number of nitrogens with one attached hydrogen (secondary N) is 1. The van der Waals surface area contributed by atoms with Crippen LogP contribution >= 0.6 is 0 Å². The Morgan fingerprint density at radius 3 is 2.80 bits per heavy atom. The molecule has 0 amide bonds. The van der Waals surface area contributed by atoms with Crippen molar-refractivity contribution in [2.45, 2.75) is 13.3 Å². The van der Waals surface area contributed by atoms with E-state index >= 15 is 0 Å². The fourth-order valence-electron chi connectivity index (χ4n) is 0.847. The van der Waals surface area contributed by atoms with Gasteiger partial charge < -0.3 is 14.8 Å². The second kappa shape index (κ2) is 9.03. The van der Waals surface area contributed by atoms with E-state index < -0.39 is 5.97 Å². The topological polar surface area (TPSA) is 71.3 Å². The minimum Gasteiger partial charge on any atom is -0.460 e. The Hall–Kier alpha value is -1.54. The lowest BCUT2D eigenvalue weighted by Gasteiger charge is -2.08. The number of nitrogens with zero attached hydrogens (tertiary/aromatic N) is 1. The molecule has 0 atom stereocenters. The summed E-state index contributed by atoms with van der Waals surface area (Å²) in [7, 11) is 1.59. The average Bonchev–Trinajstić information content (AvgIpc) is 2.24. The van der Waals surface area contributed by atoms with Gasteiger partial charge in [0.2, 0.25) is 0 Å². The molecular formula is C10H16N2O3. The van der Waals surface area contributed by atoms with Gasteiger partial charge in [0.1, 0.15) is 12.3 Å². The van der Waals surface area contributed by atoms with Crippen LogP contribution < -0.4 is 5.32 Å². The normalized spacial score (nSPS) is 10.6. The van der Waals surface area contributed by atoms with Gasteiger partial charge in [-0.3, -0.25) is 0 Å². The number of esters is 1. The maximum Gasteiger partial charge on any atom is 0.354 e. The van der Waals surface area contributed by atoms with Crippen molar-refractivity contribution >= 4 is 5.97 Å². The Bertz CT molecular complexity index is 256. The van der Waals surface area contributed by atoms with Crippen LogP contribution in [0.15, 0.2) is 11.8 Å². The summed E-state index contributed by atoms with van der Waals surface area (Å²) in [4.78, 5) is 11.3. The number of methoxy groups -OCH3 is 1. The zero-order chi connectivity index (χ0) is 11.5. The largest absolute Gasteiger partial charge is 0.460 e. The van der Waals surface area contributed by atoms with Crippen LogP contribution in [-0.4, -0.2) is 32.8 Å². The molecule has 0 aliphatic carbocycles. The third-order valence-electron chi connectivity index (χ3n) is 1.58. The number of nitriles is 1. The number of allylic oxidation sites excluding steroid dienone is 1. The van der Waals surface area contributed by atoms with Gasteiger partial charge in [-0.1, -0.05) is 6.08 Å². The summed E-state index contributed by atoms with van der Waals surface area (Å²) in [6.07, 6.45) is 1.84. The Balaban J connectivity index is 3.86. The van der Waals surface area contributed by atoms with E-state index in [1.54, 1.807) is 20.1 Å². The molecule has 0 rings (SSSR count). The molecule has 0 aliphatic heterocycles. The number of hydrogen-bond acceptors (Lipinski definition) is 5. The lowest BCUT2D eigenvalue weighted by atomic mass is 10.4. The third kappa shape index (κ3) is 6.52. The molecule has 0 unspecified atom stereocenters. The van der Waals surface area contributed by atoms with Crippen molar-refractivity contribution in [1.29, 1.82) is 5.26 Å². The van der Waals surface area contributed by atoms with Gasteiger partial charge in [-0.15, -0.1) is 0 Å². The first-order valence-electron chi connectivity index (χ1n) is 4.69. The first kappa shape index (κ1) is 13.5. The molecule has 15 heavy (non-hydrogen) atoms. The van der Waals surface area contributed by atoms with Crippen LogP contribution in [0.25, 0.3) is 0 Å². The minimum absolute atomic E-state index is 0.124. The Labute approximate surface area is 89.7 Å². The second-order valence-electron chi connectivity index (χ2n) is 2.67. The fourth-order valence-corrected chi connectivity index (χ4v) is 0.847. The van der Waals surface area contributed by atoms with E-state index in [1.165, 1.54) is 0 Å². The van der Waals surface area contributed by atoms with E-state index in [9.17, 15) is 4.79 Å². The molecule has 0 radical (unpaired) electrons. The highest BCUT2D eigenvalue weighted by molar-refractivity contribution is 5.87. The summed E-state index contributed by atoms with van der Waals surface area (Å²) in [5.74, 6) is -0.441. The lowest BCUT2D eigenvalue weighted by molar-refractivity contribution is -0.139. The van der Waals surface area contributed by atoms with E-state index in [-0.39, 0.29) is 13.0 Å². The number of rotatable bonds is 7. The number of hydrogen-bond donors (Lipinski definition) is 1. The molecule has 5 heteroatoms. The maximum absolute atomic E-state index is 11.3. The Morgan fingerprint density at radius 2 is 2.27 bits per heavy atom. The lowest BCUT2D eigenvalue weighted by Crippen LogP contribution is -2.25. The van der Waals surface area contributed by atoms with Gasteiger partial charge in [-0.2, -0.15) is 5.26 Å². The van der Waals surface area contributed by atoms with Crippen LogP contribution in [0, 0.1) is 11.3 Å². The van der Waals surface area contributed by atoms with Crippen LogP contribution in [0.3, 0.4) is 0 Å². The van der Waals surface area contributed by atoms with Crippen molar-refractivity contribution in [3.63, 3.8) is 0 Å². The fraction of sp³-hybridized carbons (Fsp3) is 0.600. The molecule has 0 aliphatic rings. The van der Waals surface area contributed by atoms with Gasteiger partial charge in [-0.05, 0) is 6.92 Å². The zero-order valence-corrected chi connectivity index (χ0v) is 9.08. The van der Waals surface area contributed by atoms with E-state index in [4.69, 9.17) is 14.7 Å². The van der Waals surface area contributed by atoms with Crippen molar-refractivity contribution in [2.75, 3.05) is 26.9 Å². The molecule has 0 bridgehead atoms. The first-order valence-corrected chi connectivity index (χ1v) is 4.69. The molecule has 1 N–H and O–H groups in total. The maximum atomic E-state index is 11.3. The van der Waals surface area contributed by atoms with E-state index in [2.05, 4.69) is 5.32 Å².